The van der Waals surface area contributed by atoms with E-state index in [1.54, 1.807) is 17.0 Å². The highest BCUT2D eigenvalue weighted by Crippen LogP contribution is 2.22. The molecule has 0 saturated carbocycles. The normalized spacial score (nSPS) is 23.2. The average Bonchev–Trinajstić information content (AvgIpc) is 2.45. The van der Waals surface area contributed by atoms with Crippen LogP contribution in [0, 0.1) is 5.82 Å². The lowest BCUT2D eigenvalue weighted by Gasteiger charge is -2.41. The van der Waals surface area contributed by atoms with Gasteiger partial charge in [0.05, 0.1) is 13.1 Å². The van der Waals surface area contributed by atoms with E-state index in [-0.39, 0.29) is 23.9 Å². The van der Waals surface area contributed by atoms with Crippen molar-refractivity contribution >= 4 is 5.91 Å². The third-order valence-electron chi connectivity index (χ3n) is 3.73. The summed E-state index contributed by atoms with van der Waals surface area (Å²) >= 11 is 0. The van der Waals surface area contributed by atoms with Crippen LogP contribution in [0.4, 0.5) is 4.39 Å². The molecule has 1 unspecified atom stereocenters. The Bertz CT molecular complexity index is 465. The fourth-order valence-electron chi connectivity index (χ4n) is 2.54. The molecular weight excluding hydrogens is 261 g/mol. The van der Waals surface area contributed by atoms with Crippen molar-refractivity contribution in [1.82, 2.24) is 4.90 Å². The van der Waals surface area contributed by atoms with Gasteiger partial charge in [0.25, 0.3) is 5.91 Å². The van der Waals surface area contributed by atoms with Crippen molar-refractivity contribution in [3.8, 4) is 5.75 Å². The second kappa shape index (κ2) is 5.79. The van der Waals surface area contributed by atoms with Gasteiger partial charge in [-0.1, -0.05) is 0 Å². The van der Waals surface area contributed by atoms with Crippen LogP contribution in [0.1, 0.15) is 19.3 Å². The minimum absolute atomic E-state index is 0.00648. The number of ether oxygens (including phenoxy) is 2. The Morgan fingerprint density at radius 1 is 1.25 bits per heavy atom. The Morgan fingerprint density at radius 2 is 2.00 bits per heavy atom. The van der Waals surface area contributed by atoms with Gasteiger partial charge in [-0.15, -0.1) is 0 Å². The SMILES string of the molecule is O=C(C1CCCCO1)N1CC(Oc2ccc(F)cc2)C1. The molecule has 1 aromatic carbocycles. The molecule has 2 saturated heterocycles. The van der Waals surface area contributed by atoms with E-state index in [0.29, 0.717) is 25.4 Å². The fourth-order valence-corrected chi connectivity index (χ4v) is 2.54. The maximum absolute atomic E-state index is 12.8. The van der Waals surface area contributed by atoms with Gasteiger partial charge >= 0.3 is 0 Å². The van der Waals surface area contributed by atoms with Gasteiger partial charge < -0.3 is 14.4 Å². The lowest BCUT2D eigenvalue weighted by molar-refractivity contribution is -0.155. The first-order chi connectivity index (χ1) is 9.72. The van der Waals surface area contributed by atoms with E-state index in [1.165, 1.54) is 12.1 Å². The quantitative estimate of drug-likeness (QED) is 0.849. The maximum Gasteiger partial charge on any atom is 0.251 e. The molecule has 5 heteroatoms. The summed E-state index contributed by atoms with van der Waals surface area (Å²) < 4.78 is 23.9. The van der Waals surface area contributed by atoms with Crippen LogP contribution in [0.5, 0.6) is 5.75 Å². The first-order valence-electron chi connectivity index (χ1n) is 7.05. The summed E-state index contributed by atoms with van der Waals surface area (Å²) in [6.07, 6.45) is 2.64. The highest BCUT2D eigenvalue weighted by molar-refractivity contribution is 5.81. The smallest absolute Gasteiger partial charge is 0.251 e. The molecule has 0 aliphatic carbocycles. The molecule has 0 bridgehead atoms. The van der Waals surface area contributed by atoms with E-state index in [0.717, 1.165) is 19.3 Å². The van der Waals surface area contributed by atoms with Gasteiger partial charge in [0.15, 0.2) is 0 Å². The van der Waals surface area contributed by atoms with Gasteiger partial charge in [-0.25, -0.2) is 4.39 Å². The summed E-state index contributed by atoms with van der Waals surface area (Å²) in [6.45, 7) is 1.84. The van der Waals surface area contributed by atoms with Gasteiger partial charge in [0.2, 0.25) is 0 Å². The van der Waals surface area contributed by atoms with E-state index in [4.69, 9.17) is 9.47 Å². The van der Waals surface area contributed by atoms with E-state index < -0.39 is 0 Å². The van der Waals surface area contributed by atoms with Gasteiger partial charge in [-0.3, -0.25) is 4.79 Å². The number of hydrogen-bond acceptors (Lipinski definition) is 3. The third-order valence-corrected chi connectivity index (χ3v) is 3.73. The third kappa shape index (κ3) is 2.93. The summed E-state index contributed by atoms with van der Waals surface area (Å²) in [5.41, 5.74) is 0. The standard InChI is InChI=1S/C15H18FNO3/c16-11-4-6-12(7-5-11)20-13-9-17(10-13)15(18)14-3-1-2-8-19-14/h4-7,13-14H,1-3,8-10H2. The molecule has 2 aliphatic rings. The molecular formula is C15H18FNO3. The zero-order chi connectivity index (χ0) is 13.9. The number of carbonyl (C=O) groups is 1. The van der Waals surface area contributed by atoms with Crippen molar-refractivity contribution in [3.63, 3.8) is 0 Å². The predicted octanol–water partition coefficient (Wildman–Crippen LogP) is 1.98. The number of likely N-dealkylation sites (tertiary alicyclic amines) is 1. The molecule has 0 aromatic heterocycles. The van der Waals surface area contributed by atoms with Gasteiger partial charge in [-0.2, -0.15) is 0 Å². The molecule has 4 nitrogen and oxygen atoms in total. The Morgan fingerprint density at radius 3 is 2.65 bits per heavy atom. The maximum atomic E-state index is 12.8. The van der Waals surface area contributed by atoms with Crippen molar-refractivity contribution < 1.29 is 18.7 Å². The Hall–Kier alpha value is -1.62. The van der Waals surface area contributed by atoms with E-state index in [9.17, 15) is 9.18 Å². The molecule has 0 spiro atoms. The first-order valence-corrected chi connectivity index (χ1v) is 7.05. The number of carbonyl (C=O) groups excluding carboxylic acids is 1. The molecule has 0 radical (unpaired) electrons. The minimum atomic E-state index is -0.280. The minimum Gasteiger partial charge on any atom is -0.487 e. The van der Waals surface area contributed by atoms with Crippen molar-refractivity contribution in [1.29, 1.82) is 0 Å². The largest absolute Gasteiger partial charge is 0.487 e. The molecule has 0 N–H and O–H groups in total. The topological polar surface area (TPSA) is 38.8 Å². The second-order valence-electron chi connectivity index (χ2n) is 5.29. The molecule has 2 heterocycles. The van der Waals surface area contributed by atoms with Gasteiger partial charge in [-0.05, 0) is 43.5 Å². The van der Waals surface area contributed by atoms with Crippen LogP contribution in [0.25, 0.3) is 0 Å². The predicted molar refractivity (Wildman–Crippen MR) is 71.0 cm³/mol. The molecule has 3 rings (SSSR count). The average molecular weight is 279 g/mol. The number of rotatable bonds is 3. The molecule has 20 heavy (non-hydrogen) atoms. The Kier molecular flexibility index (Phi) is 3.87. The molecule has 2 fully saturated rings. The van der Waals surface area contributed by atoms with Crippen LogP contribution in [0.15, 0.2) is 24.3 Å². The summed E-state index contributed by atoms with van der Waals surface area (Å²) in [5.74, 6) is 0.429. The summed E-state index contributed by atoms with van der Waals surface area (Å²) in [4.78, 5) is 13.9. The van der Waals surface area contributed by atoms with Crippen LogP contribution in [-0.4, -0.2) is 42.7 Å². The van der Waals surface area contributed by atoms with Crippen LogP contribution in [0.2, 0.25) is 0 Å². The number of hydrogen-bond donors (Lipinski definition) is 0. The number of amides is 1. The van der Waals surface area contributed by atoms with Gasteiger partial charge in [0.1, 0.15) is 23.8 Å². The number of halogens is 1. The van der Waals surface area contributed by atoms with Crippen LogP contribution < -0.4 is 4.74 Å². The highest BCUT2D eigenvalue weighted by atomic mass is 19.1. The highest BCUT2D eigenvalue weighted by Gasteiger charge is 2.36. The lowest BCUT2D eigenvalue weighted by atomic mass is 10.0. The molecule has 1 aromatic rings. The van der Waals surface area contributed by atoms with Crippen molar-refractivity contribution in [2.24, 2.45) is 0 Å². The Labute approximate surface area is 117 Å². The number of benzene rings is 1. The van der Waals surface area contributed by atoms with Crippen molar-refractivity contribution in [3.05, 3.63) is 30.1 Å². The lowest BCUT2D eigenvalue weighted by Crippen LogP contribution is -2.59. The van der Waals surface area contributed by atoms with Crippen LogP contribution in [0.3, 0.4) is 0 Å². The zero-order valence-corrected chi connectivity index (χ0v) is 11.3. The monoisotopic (exact) mass is 279 g/mol. The molecule has 108 valence electrons. The van der Waals surface area contributed by atoms with Crippen molar-refractivity contribution in [2.45, 2.75) is 31.5 Å². The summed E-state index contributed by atoms with van der Waals surface area (Å²) in [7, 11) is 0. The molecule has 2 aliphatic heterocycles. The zero-order valence-electron chi connectivity index (χ0n) is 11.3. The Balaban J connectivity index is 1.46. The van der Waals surface area contributed by atoms with Gasteiger partial charge in [0, 0.05) is 6.61 Å². The second-order valence-corrected chi connectivity index (χ2v) is 5.29. The van der Waals surface area contributed by atoms with E-state index in [2.05, 4.69) is 0 Å². The molecule has 1 amide bonds. The van der Waals surface area contributed by atoms with E-state index >= 15 is 0 Å². The van der Waals surface area contributed by atoms with Crippen LogP contribution in [-0.2, 0) is 9.53 Å². The number of nitrogens with zero attached hydrogens (tertiary/aromatic N) is 1. The molecule has 1 atom stereocenters. The fraction of sp³-hybridized carbons (Fsp3) is 0.533. The summed E-state index contributed by atoms with van der Waals surface area (Å²) in [6, 6.07) is 5.94. The summed E-state index contributed by atoms with van der Waals surface area (Å²) in [5, 5.41) is 0. The van der Waals surface area contributed by atoms with Crippen LogP contribution >= 0.6 is 0 Å². The first kappa shape index (κ1) is 13.4. The van der Waals surface area contributed by atoms with Crippen molar-refractivity contribution in [2.75, 3.05) is 19.7 Å². The van der Waals surface area contributed by atoms with E-state index in [1.807, 2.05) is 0 Å².